The third-order valence-electron chi connectivity index (χ3n) is 2.59. The standard InChI is InChI=1S/C14H10Cl2N2O3/c15-10-5-6-11(16)18-13(10)14(21)17-9-3-1-8(2-4-9)7-12(19)20/h1-6H,7H2,(H,17,21)(H,19,20). The van der Waals surface area contributed by atoms with Gasteiger partial charge in [0.2, 0.25) is 0 Å². The molecular weight excluding hydrogens is 315 g/mol. The van der Waals surface area contributed by atoms with Crippen molar-refractivity contribution >= 4 is 40.8 Å². The van der Waals surface area contributed by atoms with Crippen molar-refractivity contribution in [2.24, 2.45) is 0 Å². The van der Waals surface area contributed by atoms with Gasteiger partial charge in [-0.05, 0) is 29.8 Å². The number of halogens is 2. The number of anilines is 1. The van der Waals surface area contributed by atoms with Gasteiger partial charge in [0, 0.05) is 5.69 Å². The highest BCUT2D eigenvalue weighted by Gasteiger charge is 2.13. The lowest BCUT2D eigenvalue weighted by atomic mass is 10.1. The van der Waals surface area contributed by atoms with Gasteiger partial charge in [0.1, 0.15) is 10.8 Å². The van der Waals surface area contributed by atoms with Gasteiger partial charge in [-0.25, -0.2) is 4.98 Å². The van der Waals surface area contributed by atoms with Gasteiger partial charge in [0.05, 0.1) is 11.4 Å². The molecule has 0 saturated heterocycles. The number of pyridine rings is 1. The van der Waals surface area contributed by atoms with Crippen LogP contribution in [0.4, 0.5) is 5.69 Å². The average molecular weight is 325 g/mol. The van der Waals surface area contributed by atoms with Crippen molar-refractivity contribution in [3.8, 4) is 0 Å². The lowest BCUT2D eigenvalue weighted by Gasteiger charge is -2.07. The molecule has 108 valence electrons. The van der Waals surface area contributed by atoms with Gasteiger partial charge in [0.25, 0.3) is 5.91 Å². The maximum absolute atomic E-state index is 12.0. The maximum Gasteiger partial charge on any atom is 0.307 e. The molecule has 0 atom stereocenters. The number of benzene rings is 1. The van der Waals surface area contributed by atoms with Crippen LogP contribution in [-0.4, -0.2) is 22.0 Å². The van der Waals surface area contributed by atoms with E-state index >= 15 is 0 Å². The van der Waals surface area contributed by atoms with Gasteiger partial charge >= 0.3 is 5.97 Å². The number of amides is 1. The van der Waals surface area contributed by atoms with E-state index in [4.69, 9.17) is 28.3 Å². The summed E-state index contributed by atoms with van der Waals surface area (Å²) in [6.45, 7) is 0. The van der Waals surface area contributed by atoms with E-state index in [0.29, 0.717) is 11.3 Å². The number of rotatable bonds is 4. The molecule has 1 amide bonds. The molecule has 0 aliphatic rings. The molecule has 0 unspecified atom stereocenters. The van der Waals surface area contributed by atoms with Crippen molar-refractivity contribution in [2.75, 3.05) is 5.32 Å². The summed E-state index contributed by atoms with van der Waals surface area (Å²) in [6, 6.07) is 9.43. The Morgan fingerprint density at radius 3 is 2.38 bits per heavy atom. The van der Waals surface area contributed by atoms with Crippen LogP contribution in [0.2, 0.25) is 10.2 Å². The smallest absolute Gasteiger partial charge is 0.307 e. The van der Waals surface area contributed by atoms with Crippen LogP contribution in [-0.2, 0) is 11.2 Å². The van der Waals surface area contributed by atoms with Gasteiger partial charge in [-0.1, -0.05) is 35.3 Å². The molecule has 2 rings (SSSR count). The van der Waals surface area contributed by atoms with Crippen molar-refractivity contribution in [3.05, 3.63) is 57.8 Å². The van der Waals surface area contributed by atoms with Crippen LogP contribution in [0, 0.1) is 0 Å². The SMILES string of the molecule is O=C(O)Cc1ccc(NC(=O)c2nc(Cl)ccc2Cl)cc1. The summed E-state index contributed by atoms with van der Waals surface area (Å²) in [7, 11) is 0. The number of aliphatic carboxylic acids is 1. The zero-order chi connectivity index (χ0) is 15.4. The largest absolute Gasteiger partial charge is 0.481 e. The van der Waals surface area contributed by atoms with E-state index < -0.39 is 11.9 Å². The highest BCUT2D eigenvalue weighted by atomic mass is 35.5. The number of aromatic nitrogens is 1. The van der Waals surface area contributed by atoms with E-state index in [1.807, 2.05) is 0 Å². The first-order valence-electron chi connectivity index (χ1n) is 5.90. The predicted octanol–water partition coefficient (Wildman–Crippen LogP) is 3.27. The minimum atomic E-state index is -0.915. The number of carbonyl (C=O) groups is 2. The van der Waals surface area contributed by atoms with Crippen LogP contribution in [0.15, 0.2) is 36.4 Å². The number of hydrogen-bond donors (Lipinski definition) is 2. The van der Waals surface area contributed by atoms with Gasteiger partial charge < -0.3 is 10.4 Å². The topological polar surface area (TPSA) is 79.3 Å². The summed E-state index contributed by atoms with van der Waals surface area (Å²) in [6.07, 6.45) is -0.0735. The molecule has 1 aromatic carbocycles. The Kier molecular flexibility index (Phi) is 4.77. The van der Waals surface area contributed by atoms with E-state index in [1.165, 1.54) is 12.1 Å². The second-order valence-corrected chi connectivity index (χ2v) is 4.98. The molecule has 0 aliphatic carbocycles. The molecule has 0 saturated carbocycles. The number of hydrogen-bond acceptors (Lipinski definition) is 3. The molecule has 1 heterocycles. The van der Waals surface area contributed by atoms with E-state index in [0.717, 1.165) is 0 Å². The molecule has 0 aliphatic heterocycles. The fourth-order valence-corrected chi connectivity index (χ4v) is 1.99. The molecule has 0 radical (unpaired) electrons. The zero-order valence-corrected chi connectivity index (χ0v) is 12.1. The molecule has 2 N–H and O–H groups in total. The van der Waals surface area contributed by atoms with E-state index in [1.54, 1.807) is 24.3 Å². The summed E-state index contributed by atoms with van der Waals surface area (Å²) < 4.78 is 0. The normalized spacial score (nSPS) is 10.2. The van der Waals surface area contributed by atoms with Gasteiger partial charge in [0.15, 0.2) is 0 Å². The molecule has 0 fully saturated rings. The Hall–Kier alpha value is -2.11. The van der Waals surface area contributed by atoms with E-state index in [-0.39, 0.29) is 22.3 Å². The third-order valence-corrected chi connectivity index (χ3v) is 3.11. The lowest BCUT2D eigenvalue weighted by Crippen LogP contribution is -2.14. The quantitative estimate of drug-likeness (QED) is 0.846. The number of carboxylic acids is 1. The highest BCUT2D eigenvalue weighted by Crippen LogP contribution is 2.18. The Balaban J connectivity index is 2.12. The maximum atomic E-state index is 12.0. The number of nitrogens with zero attached hydrogens (tertiary/aromatic N) is 1. The van der Waals surface area contributed by atoms with Gasteiger partial charge in [-0.15, -0.1) is 0 Å². The zero-order valence-electron chi connectivity index (χ0n) is 10.6. The van der Waals surface area contributed by atoms with Crippen molar-refractivity contribution < 1.29 is 14.7 Å². The van der Waals surface area contributed by atoms with Crippen LogP contribution in [0.3, 0.4) is 0 Å². The summed E-state index contributed by atoms with van der Waals surface area (Å²) in [5.41, 5.74) is 1.17. The second-order valence-electron chi connectivity index (χ2n) is 4.19. The van der Waals surface area contributed by atoms with Crippen LogP contribution in [0.1, 0.15) is 16.1 Å². The summed E-state index contributed by atoms with van der Waals surface area (Å²) in [5, 5.41) is 11.7. The molecule has 21 heavy (non-hydrogen) atoms. The lowest BCUT2D eigenvalue weighted by molar-refractivity contribution is -0.136. The minimum Gasteiger partial charge on any atom is -0.481 e. The molecule has 0 spiro atoms. The Morgan fingerprint density at radius 1 is 1.10 bits per heavy atom. The van der Waals surface area contributed by atoms with Crippen molar-refractivity contribution in [1.82, 2.24) is 4.98 Å². The molecular formula is C14H10Cl2N2O3. The Morgan fingerprint density at radius 2 is 1.76 bits per heavy atom. The Labute approximate surface area is 130 Å². The molecule has 1 aromatic heterocycles. The average Bonchev–Trinajstić information content (AvgIpc) is 2.43. The monoisotopic (exact) mass is 324 g/mol. The summed E-state index contributed by atoms with van der Waals surface area (Å²) >= 11 is 11.6. The van der Waals surface area contributed by atoms with Crippen LogP contribution in [0.5, 0.6) is 0 Å². The van der Waals surface area contributed by atoms with E-state index in [2.05, 4.69) is 10.3 Å². The van der Waals surface area contributed by atoms with Gasteiger partial charge in [-0.2, -0.15) is 0 Å². The van der Waals surface area contributed by atoms with Crippen molar-refractivity contribution in [1.29, 1.82) is 0 Å². The van der Waals surface area contributed by atoms with Crippen LogP contribution >= 0.6 is 23.2 Å². The number of nitrogens with one attached hydrogen (secondary N) is 1. The van der Waals surface area contributed by atoms with Gasteiger partial charge in [-0.3, -0.25) is 9.59 Å². The minimum absolute atomic E-state index is 0.0266. The summed E-state index contributed by atoms with van der Waals surface area (Å²) in [4.78, 5) is 26.5. The van der Waals surface area contributed by atoms with Crippen LogP contribution in [0.25, 0.3) is 0 Å². The predicted molar refractivity (Wildman–Crippen MR) is 80.0 cm³/mol. The second kappa shape index (κ2) is 6.56. The molecule has 0 bridgehead atoms. The first-order chi connectivity index (χ1) is 9.95. The number of carboxylic acid groups (broad SMARTS) is 1. The molecule has 2 aromatic rings. The molecule has 5 nitrogen and oxygen atoms in total. The third kappa shape index (κ3) is 4.18. The highest BCUT2D eigenvalue weighted by molar-refractivity contribution is 6.35. The van der Waals surface area contributed by atoms with Crippen molar-refractivity contribution in [2.45, 2.75) is 6.42 Å². The molecule has 7 heteroatoms. The summed E-state index contributed by atoms with van der Waals surface area (Å²) in [5.74, 6) is -1.41. The fraction of sp³-hybridized carbons (Fsp3) is 0.0714. The first kappa shape index (κ1) is 15.3. The Bertz CT molecular complexity index is 687. The van der Waals surface area contributed by atoms with Crippen molar-refractivity contribution in [3.63, 3.8) is 0 Å². The van der Waals surface area contributed by atoms with Crippen LogP contribution < -0.4 is 5.32 Å². The number of carbonyl (C=O) groups excluding carboxylic acids is 1. The van der Waals surface area contributed by atoms with E-state index in [9.17, 15) is 9.59 Å². The first-order valence-corrected chi connectivity index (χ1v) is 6.65. The fourth-order valence-electron chi connectivity index (χ4n) is 1.65.